The number of likely N-dealkylation sites (N-methyl/N-ethyl adjacent to an activating group) is 1. The van der Waals surface area contributed by atoms with E-state index < -0.39 is 34.5 Å². The lowest BCUT2D eigenvalue weighted by molar-refractivity contribution is -0.153. The van der Waals surface area contributed by atoms with Crippen molar-refractivity contribution < 1.29 is 22.7 Å². The molecule has 0 saturated heterocycles. The lowest BCUT2D eigenvalue weighted by Crippen LogP contribution is -2.37. The molecule has 29 heavy (non-hydrogen) atoms. The van der Waals surface area contributed by atoms with Crippen LogP contribution < -0.4 is 5.32 Å². The fourth-order valence-corrected chi connectivity index (χ4v) is 3.67. The zero-order chi connectivity index (χ0) is 21.8. The fraction of sp³-hybridized carbons (Fsp3) is 0.333. The number of sulfonamides is 1. The van der Waals surface area contributed by atoms with Crippen LogP contribution in [0.25, 0.3) is 0 Å². The van der Waals surface area contributed by atoms with E-state index >= 15 is 0 Å². The Hall–Kier alpha value is -2.71. The SMILES string of the molecule is Cc1ccc(S(=O)(=O)N(C)CC(=O)OC(C)C(=O)Nc2cc(C)ccc2C)cc1. The first-order valence-electron chi connectivity index (χ1n) is 9.11. The number of rotatable bonds is 7. The van der Waals surface area contributed by atoms with E-state index in [1.54, 1.807) is 12.1 Å². The molecule has 0 aliphatic rings. The summed E-state index contributed by atoms with van der Waals surface area (Å²) in [6.07, 6.45) is -1.07. The van der Waals surface area contributed by atoms with Gasteiger partial charge in [0.25, 0.3) is 5.91 Å². The number of aryl methyl sites for hydroxylation is 3. The van der Waals surface area contributed by atoms with Crippen LogP contribution in [0, 0.1) is 20.8 Å². The molecule has 156 valence electrons. The van der Waals surface area contributed by atoms with Gasteiger partial charge in [0.15, 0.2) is 6.10 Å². The zero-order valence-corrected chi connectivity index (χ0v) is 18.0. The van der Waals surface area contributed by atoms with Gasteiger partial charge in [-0.1, -0.05) is 29.8 Å². The standard InChI is InChI=1S/C21H26N2O5S/c1-14-7-10-18(11-8-14)29(26,27)23(5)13-20(24)28-17(4)21(25)22-19-12-15(2)6-9-16(19)3/h6-12,17H,13H2,1-5H3,(H,22,25). The lowest BCUT2D eigenvalue weighted by Gasteiger charge is -2.19. The predicted octanol–water partition coefficient (Wildman–Crippen LogP) is 2.80. The Balaban J connectivity index is 1.97. The number of benzene rings is 2. The second-order valence-electron chi connectivity index (χ2n) is 7.01. The van der Waals surface area contributed by atoms with E-state index in [4.69, 9.17) is 4.74 Å². The molecule has 1 amide bonds. The minimum Gasteiger partial charge on any atom is -0.452 e. The third kappa shape index (κ3) is 5.88. The number of carbonyl (C=O) groups excluding carboxylic acids is 2. The number of nitrogens with zero attached hydrogens (tertiary/aromatic N) is 1. The van der Waals surface area contributed by atoms with Crippen LogP contribution in [-0.2, 0) is 24.3 Å². The van der Waals surface area contributed by atoms with Gasteiger partial charge in [0, 0.05) is 12.7 Å². The van der Waals surface area contributed by atoms with E-state index in [0.29, 0.717) is 5.69 Å². The quantitative estimate of drug-likeness (QED) is 0.698. The van der Waals surface area contributed by atoms with E-state index in [9.17, 15) is 18.0 Å². The summed E-state index contributed by atoms with van der Waals surface area (Å²) in [7, 11) is -2.54. The van der Waals surface area contributed by atoms with Crippen LogP contribution in [0.5, 0.6) is 0 Å². The highest BCUT2D eigenvalue weighted by Gasteiger charge is 2.25. The van der Waals surface area contributed by atoms with E-state index in [1.807, 2.05) is 39.0 Å². The molecule has 0 saturated carbocycles. The monoisotopic (exact) mass is 418 g/mol. The summed E-state index contributed by atoms with van der Waals surface area (Å²) < 4.78 is 31.1. The van der Waals surface area contributed by atoms with Crippen LogP contribution in [0.4, 0.5) is 5.69 Å². The fourth-order valence-electron chi connectivity index (χ4n) is 2.55. The van der Waals surface area contributed by atoms with Gasteiger partial charge in [0.05, 0.1) is 4.90 Å². The third-order valence-electron chi connectivity index (χ3n) is 4.41. The predicted molar refractivity (Wildman–Crippen MR) is 111 cm³/mol. The van der Waals surface area contributed by atoms with E-state index in [1.165, 1.54) is 26.1 Å². The molecule has 0 aliphatic heterocycles. The Morgan fingerprint density at radius 3 is 2.24 bits per heavy atom. The van der Waals surface area contributed by atoms with Crippen LogP contribution in [0.3, 0.4) is 0 Å². The Bertz CT molecular complexity index is 1000. The Labute approximate surface area is 171 Å². The lowest BCUT2D eigenvalue weighted by atomic mass is 10.1. The molecule has 0 aromatic heterocycles. The maximum atomic E-state index is 12.5. The van der Waals surface area contributed by atoms with E-state index in [2.05, 4.69) is 5.32 Å². The molecule has 0 spiro atoms. The Morgan fingerprint density at radius 1 is 1.03 bits per heavy atom. The maximum Gasteiger partial charge on any atom is 0.322 e. The number of hydrogen-bond acceptors (Lipinski definition) is 5. The molecule has 8 heteroatoms. The van der Waals surface area contributed by atoms with Gasteiger partial charge in [0.1, 0.15) is 6.54 Å². The number of nitrogens with one attached hydrogen (secondary N) is 1. The van der Waals surface area contributed by atoms with Crippen LogP contribution in [0.15, 0.2) is 47.4 Å². The summed E-state index contributed by atoms with van der Waals surface area (Å²) in [6, 6.07) is 12.0. The molecular weight excluding hydrogens is 392 g/mol. The van der Waals surface area contributed by atoms with Crippen molar-refractivity contribution in [3.8, 4) is 0 Å². The number of carbonyl (C=O) groups is 2. The van der Waals surface area contributed by atoms with Gasteiger partial charge >= 0.3 is 5.97 Å². The summed E-state index contributed by atoms with van der Waals surface area (Å²) in [6.45, 7) is 6.55. The van der Waals surface area contributed by atoms with Crippen molar-refractivity contribution in [2.45, 2.75) is 38.7 Å². The molecule has 0 radical (unpaired) electrons. The van der Waals surface area contributed by atoms with Gasteiger partial charge in [-0.25, -0.2) is 8.42 Å². The highest BCUT2D eigenvalue weighted by Crippen LogP contribution is 2.17. The van der Waals surface area contributed by atoms with Gasteiger partial charge < -0.3 is 10.1 Å². The number of hydrogen-bond donors (Lipinski definition) is 1. The van der Waals surface area contributed by atoms with E-state index in [0.717, 1.165) is 21.0 Å². The van der Waals surface area contributed by atoms with Gasteiger partial charge in [-0.15, -0.1) is 0 Å². The first-order valence-corrected chi connectivity index (χ1v) is 10.6. The second-order valence-corrected chi connectivity index (χ2v) is 9.06. The Morgan fingerprint density at radius 2 is 1.62 bits per heavy atom. The Kier molecular flexibility index (Phi) is 7.16. The van der Waals surface area contributed by atoms with Crippen LogP contribution >= 0.6 is 0 Å². The molecular formula is C21H26N2O5S. The van der Waals surface area contributed by atoms with Crippen molar-refractivity contribution in [3.05, 3.63) is 59.2 Å². The highest BCUT2D eigenvalue weighted by atomic mass is 32.2. The number of amides is 1. The summed E-state index contributed by atoms with van der Waals surface area (Å²) in [5.74, 6) is -1.30. The zero-order valence-electron chi connectivity index (χ0n) is 17.2. The molecule has 2 rings (SSSR count). The highest BCUT2D eigenvalue weighted by molar-refractivity contribution is 7.89. The molecule has 1 N–H and O–H groups in total. The van der Waals surface area contributed by atoms with Crippen molar-refractivity contribution in [3.63, 3.8) is 0 Å². The molecule has 1 atom stereocenters. The summed E-state index contributed by atoms with van der Waals surface area (Å²) in [4.78, 5) is 24.6. The van der Waals surface area contributed by atoms with Crippen molar-refractivity contribution in [1.82, 2.24) is 4.31 Å². The van der Waals surface area contributed by atoms with E-state index in [-0.39, 0.29) is 4.90 Å². The van der Waals surface area contributed by atoms with Crippen LogP contribution in [-0.4, -0.2) is 44.3 Å². The number of ether oxygens (including phenoxy) is 1. The average Bonchev–Trinajstić information content (AvgIpc) is 2.64. The topological polar surface area (TPSA) is 92.8 Å². The first kappa shape index (κ1) is 22.6. The van der Waals surface area contributed by atoms with Gasteiger partial charge in [-0.05, 0) is 57.0 Å². The largest absolute Gasteiger partial charge is 0.452 e. The third-order valence-corrected chi connectivity index (χ3v) is 6.23. The summed E-state index contributed by atoms with van der Waals surface area (Å²) in [5, 5.41) is 2.72. The average molecular weight is 419 g/mol. The minimum atomic E-state index is -3.83. The molecule has 2 aromatic carbocycles. The van der Waals surface area contributed by atoms with Crippen molar-refractivity contribution >= 4 is 27.6 Å². The normalized spacial score (nSPS) is 12.5. The molecule has 0 bridgehead atoms. The number of esters is 1. The van der Waals surface area contributed by atoms with Crippen LogP contribution in [0.1, 0.15) is 23.6 Å². The van der Waals surface area contributed by atoms with Gasteiger partial charge in [0.2, 0.25) is 10.0 Å². The van der Waals surface area contributed by atoms with Crippen molar-refractivity contribution in [2.24, 2.45) is 0 Å². The van der Waals surface area contributed by atoms with Gasteiger partial charge in [-0.2, -0.15) is 4.31 Å². The molecule has 0 aliphatic carbocycles. The number of anilines is 1. The maximum absolute atomic E-state index is 12.5. The minimum absolute atomic E-state index is 0.0825. The van der Waals surface area contributed by atoms with Crippen LogP contribution in [0.2, 0.25) is 0 Å². The van der Waals surface area contributed by atoms with Crippen molar-refractivity contribution in [2.75, 3.05) is 18.9 Å². The smallest absolute Gasteiger partial charge is 0.322 e. The second kappa shape index (κ2) is 9.19. The molecule has 0 fully saturated rings. The van der Waals surface area contributed by atoms with Crippen molar-refractivity contribution in [1.29, 1.82) is 0 Å². The van der Waals surface area contributed by atoms with Gasteiger partial charge in [-0.3, -0.25) is 9.59 Å². The molecule has 2 aromatic rings. The first-order chi connectivity index (χ1) is 13.5. The summed E-state index contributed by atoms with van der Waals surface area (Å²) >= 11 is 0. The molecule has 7 nitrogen and oxygen atoms in total. The summed E-state index contributed by atoms with van der Waals surface area (Å²) in [5.41, 5.74) is 3.43. The molecule has 1 unspecified atom stereocenters. The molecule has 0 heterocycles.